The van der Waals surface area contributed by atoms with Crippen LogP contribution in [0.3, 0.4) is 0 Å². The molecule has 0 aromatic heterocycles. The number of nitrogens with zero attached hydrogens (tertiary/aromatic N) is 1. The molecule has 0 atom stereocenters. The topological polar surface area (TPSA) is 20.3 Å². The summed E-state index contributed by atoms with van der Waals surface area (Å²) in [5.41, 5.74) is 1.28. The smallest absolute Gasteiger partial charge is 0.223 e. The van der Waals surface area contributed by atoms with E-state index in [2.05, 4.69) is 31.2 Å². The fourth-order valence-corrected chi connectivity index (χ4v) is 3.03. The average molecular weight is 263 g/mol. The number of likely N-dealkylation sites (tertiary alicyclic amines) is 1. The first kappa shape index (κ1) is 13.5. The predicted octanol–water partition coefficient (Wildman–Crippen LogP) is 3.49. The van der Waals surface area contributed by atoms with Gasteiger partial charge in [0.25, 0.3) is 0 Å². The SMILES string of the molecule is Cc1ccc(SCCC(=O)N2CCCCC2)cc1. The highest BCUT2D eigenvalue weighted by atomic mass is 32.2. The van der Waals surface area contributed by atoms with Gasteiger partial charge in [-0.2, -0.15) is 0 Å². The van der Waals surface area contributed by atoms with E-state index in [4.69, 9.17) is 0 Å². The van der Waals surface area contributed by atoms with Gasteiger partial charge >= 0.3 is 0 Å². The first-order valence-electron chi connectivity index (χ1n) is 6.73. The molecular weight excluding hydrogens is 242 g/mol. The summed E-state index contributed by atoms with van der Waals surface area (Å²) >= 11 is 1.77. The molecule has 0 N–H and O–H groups in total. The number of amides is 1. The standard InChI is InChI=1S/C15H21NOS/c1-13-5-7-14(8-6-13)18-12-9-15(17)16-10-3-2-4-11-16/h5-8H,2-4,9-12H2,1H3. The van der Waals surface area contributed by atoms with Crippen molar-refractivity contribution < 1.29 is 4.79 Å². The number of carbonyl (C=O) groups excluding carboxylic acids is 1. The summed E-state index contributed by atoms with van der Waals surface area (Å²) in [5, 5.41) is 0. The average Bonchev–Trinajstić information content (AvgIpc) is 2.42. The van der Waals surface area contributed by atoms with Crippen molar-refractivity contribution in [2.24, 2.45) is 0 Å². The Balaban J connectivity index is 1.71. The molecule has 0 spiro atoms. The van der Waals surface area contributed by atoms with Crippen LogP contribution < -0.4 is 0 Å². The maximum Gasteiger partial charge on any atom is 0.223 e. The third-order valence-electron chi connectivity index (χ3n) is 3.31. The lowest BCUT2D eigenvalue weighted by molar-refractivity contribution is -0.131. The van der Waals surface area contributed by atoms with Gasteiger partial charge in [0.2, 0.25) is 5.91 Å². The van der Waals surface area contributed by atoms with E-state index >= 15 is 0 Å². The van der Waals surface area contributed by atoms with Crippen molar-refractivity contribution in [2.45, 2.75) is 37.5 Å². The lowest BCUT2D eigenvalue weighted by Gasteiger charge is -2.26. The third kappa shape index (κ3) is 4.05. The quantitative estimate of drug-likeness (QED) is 0.775. The van der Waals surface area contributed by atoms with Crippen molar-refractivity contribution in [1.29, 1.82) is 0 Å². The minimum absolute atomic E-state index is 0.328. The highest BCUT2D eigenvalue weighted by Gasteiger charge is 2.15. The Labute approximate surface area is 114 Å². The van der Waals surface area contributed by atoms with Crippen molar-refractivity contribution in [2.75, 3.05) is 18.8 Å². The predicted molar refractivity (Wildman–Crippen MR) is 77.0 cm³/mol. The second-order valence-corrected chi connectivity index (χ2v) is 6.02. The zero-order valence-corrected chi connectivity index (χ0v) is 11.8. The summed E-state index contributed by atoms with van der Waals surface area (Å²) in [5.74, 6) is 1.22. The lowest BCUT2D eigenvalue weighted by Crippen LogP contribution is -2.35. The van der Waals surface area contributed by atoms with E-state index in [1.165, 1.54) is 29.7 Å². The first-order chi connectivity index (χ1) is 8.75. The minimum atomic E-state index is 0.328. The molecule has 1 aromatic carbocycles. The van der Waals surface area contributed by atoms with Gasteiger partial charge in [0.15, 0.2) is 0 Å². The van der Waals surface area contributed by atoms with Gasteiger partial charge < -0.3 is 4.90 Å². The molecule has 0 saturated carbocycles. The van der Waals surface area contributed by atoms with E-state index in [1.807, 2.05) is 4.90 Å². The zero-order valence-electron chi connectivity index (χ0n) is 11.0. The maximum atomic E-state index is 12.0. The summed E-state index contributed by atoms with van der Waals surface area (Å²) in [6.45, 7) is 4.02. The summed E-state index contributed by atoms with van der Waals surface area (Å²) in [6, 6.07) is 8.50. The summed E-state index contributed by atoms with van der Waals surface area (Å²) in [4.78, 5) is 15.2. The van der Waals surface area contributed by atoms with Crippen LogP contribution in [0.25, 0.3) is 0 Å². The van der Waals surface area contributed by atoms with Gasteiger partial charge in [0.1, 0.15) is 0 Å². The van der Waals surface area contributed by atoms with Gasteiger partial charge in [-0.3, -0.25) is 4.79 Å². The molecule has 1 aromatic rings. The number of hydrogen-bond donors (Lipinski definition) is 0. The Morgan fingerprint density at radius 2 is 1.83 bits per heavy atom. The largest absolute Gasteiger partial charge is 0.343 e. The van der Waals surface area contributed by atoms with E-state index in [1.54, 1.807) is 11.8 Å². The minimum Gasteiger partial charge on any atom is -0.343 e. The molecule has 0 radical (unpaired) electrons. The Hall–Kier alpha value is -0.960. The van der Waals surface area contributed by atoms with Gasteiger partial charge in [-0.05, 0) is 38.3 Å². The van der Waals surface area contributed by atoms with Crippen molar-refractivity contribution >= 4 is 17.7 Å². The van der Waals surface area contributed by atoms with Crippen molar-refractivity contribution in [1.82, 2.24) is 4.90 Å². The van der Waals surface area contributed by atoms with Gasteiger partial charge in [-0.1, -0.05) is 17.7 Å². The summed E-state index contributed by atoms with van der Waals surface area (Å²) in [7, 11) is 0. The highest BCUT2D eigenvalue weighted by molar-refractivity contribution is 7.99. The van der Waals surface area contributed by atoms with Crippen molar-refractivity contribution in [3.05, 3.63) is 29.8 Å². The summed E-state index contributed by atoms with van der Waals surface area (Å²) in [6.07, 6.45) is 4.30. The molecule has 2 rings (SSSR count). The van der Waals surface area contributed by atoms with Crippen LogP contribution in [-0.4, -0.2) is 29.6 Å². The first-order valence-corrected chi connectivity index (χ1v) is 7.71. The molecule has 98 valence electrons. The molecule has 0 aliphatic carbocycles. The van der Waals surface area contributed by atoms with Gasteiger partial charge in [0.05, 0.1) is 0 Å². The molecule has 1 aliphatic rings. The van der Waals surface area contributed by atoms with E-state index in [9.17, 15) is 4.79 Å². The van der Waals surface area contributed by atoms with Crippen LogP contribution in [0.4, 0.5) is 0 Å². The second-order valence-electron chi connectivity index (χ2n) is 4.85. The number of hydrogen-bond acceptors (Lipinski definition) is 2. The van der Waals surface area contributed by atoms with E-state index in [0.717, 1.165) is 18.8 Å². The van der Waals surface area contributed by atoms with Crippen LogP contribution in [0.15, 0.2) is 29.2 Å². The Morgan fingerprint density at radius 3 is 2.50 bits per heavy atom. The molecule has 1 aliphatic heterocycles. The molecular formula is C15H21NOS. The number of rotatable bonds is 4. The van der Waals surface area contributed by atoms with E-state index in [-0.39, 0.29) is 0 Å². The van der Waals surface area contributed by atoms with Crippen LogP contribution in [0.1, 0.15) is 31.2 Å². The fraction of sp³-hybridized carbons (Fsp3) is 0.533. The number of aryl methyl sites for hydroxylation is 1. The fourth-order valence-electron chi connectivity index (χ4n) is 2.19. The van der Waals surface area contributed by atoms with Gasteiger partial charge in [-0.15, -0.1) is 11.8 Å². The summed E-state index contributed by atoms with van der Waals surface area (Å²) < 4.78 is 0. The van der Waals surface area contributed by atoms with Crippen LogP contribution >= 0.6 is 11.8 Å². The second kappa shape index (κ2) is 6.83. The zero-order chi connectivity index (χ0) is 12.8. The normalized spacial score (nSPS) is 15.7. The van der Waals surface area contributed by atoms with Crippen LogP contribution in [0, 0.1) is 6.92 Å². The van der Waals surface area contributed by atoms with Gasteiger partial charge in [-0.25, -0.2) is 0 Å². The molecule has 18 heavy (non-hydrogen) atoms. The lowest BCUT2D eigenvalue weighted by atomic mass is 10.1. The molecule has 2 nitrogen and oxygen atoms in total. The van der Waals surface area contributed by atoms with Crippen LogP contribution in [-0.2, 0) is 4.79 Å². The number of benzene rings is 1. The molecule has 3 heteroatoms. The number of piperidine rings is 1. The number of carbonyl (C=O) groups is 1. The molecule has 1 heterocycles. The highest BCUT2D eigenvalue weighted by Crippen LogP contribution is 2.20. The van der Waals surface area contributed by atoms with Crippen LogP contribution in [0.5, 0.6) is 0 Å². The Kier molecular flexibility index (Phi) is 5.12. The third-order valence-corrected chi connectivity index (χ3v) is 4.33. The molecule has 0 unspecified atom stereocenters. The van der Waals surface area contributed by atoms with E-state index < -0.39 is 0 Å². The van der Waals surface area contributed by atoms with Crippen molar-refractivity contribution in [3.8, 4) is 0 Å². The Bertz CT molecular complexity index is 382. The molecule has 0 bridgehead atoms. The van der Waals surface area contributed by atoms with E-state index in [0.29, 0.717) is 12.3 Å². The van der Waals surface area contributed by atoms with Crippen molar-refractivity contribution in [3.63, 3.8) is 0 Å². The van der Waals surface area contributed by atoms with Gasteiger partial charge in [0, 0.05) is 30.2 Å². The molecule has 1 saturated heterocycles. The molecule has 1 amide bonds. The Morgan fingerprint density at radius 1 is 1.17 bits per heavy atom. The maximum absolute atomic E-state index is 12.0. The molecule has 1 fully saturated rings. The number of thioether (sulfide) groups is 1. The van der Waals surface area contributed by atoms with Crippen LogP contribution in [0.2, 0.25) is 0 Å². The monoisotopic (exact) mass is 263 g/mol.